The van der Waals surface area contributed by atoms with E-state index in [0.717, 1.165) is 34.8 Å². The highest BCUT2D eigenvalue weighted by Crippen LogP contribution is 2.18. The second-order valence-corrected chi connectivity index (χ2v) is 7.66. The van der Waals surface area contributed by atoms with Gasteiger partial charge in [-0.25, -0.2) is 0 Å². The summed E-state index contributed by atoms with van der Waals surface area (Å²) in [6, 6.07) is 2.80. The van der Waals surface area contributed by atoms with Gasteiger partial charge < -0.3 is 9.47 Å². The highest BCUT2D eigenvalue weighted by atomic mass is 16.5. The van der Waals surface area contributed by atoms with E-state index in [1.54, 1.807) is 0 Å². The normalized spacial score (nSPS) is 22.7. The van der Waals surface area contributed by atoms with Gasteiger partial charge in [-0.1, -0.05) is 0 Å². The molecule has 28 heavy (non-hydrogen) atoms. The molecule has 0 saturated carbocycles. The van der Waals surface area contributed by atoms with Crippen molar-refractivity contribution < 1.29 is 9.47 Å². The number of hydrogen-bond donors (Lipinski definition) is 0. The van der Waals surface area contributed by atoms with E-state index in [0.29, 0.717) is 13.2 Å². The Hall–Kier alpha value is -2.58. The maximum atomic E-state index is 12.8. The monoisotopic (exact) mass is 384 g/mol. The van der Waals surface area contributed by atoms with E-state index < -0.39 is 22.2 Å². The molecule has 0 radical (unpaired) electrons. The number of rotatable bonds is 4. The average molecular weight is 384 g/mol. The van der Waals surface area contributed by atoms with Crippen molar-refractivity contribution in [2.24, 2.45) is 0 Å². The van der Waals surface area contributed by atoms with Crippen LogP contribution in [0.2, 0.25) is 0 Å². The quantitative estimate of drug-likeness (QED) is 0.641. The van der Waals surface area contributed by atoms with Crippen LogP contribution >= 0.6 is 0 Å². The first-order valence-corrected chi connectivity index (χ1v) is 9.68. The van der Waals surface area contributed by atoms with Crippen LogP contribution in [0.3, 0.4) is 0 Å². The van der Waals surface area contributed by atoms with E-state index in [2.05, 4.69) is 0 Å². The van der Waals surface area contributed by atoms with Crippen molar-refractivity contribution in [3.8, 4) is 0 Å². The lowest BCUT2D eigenvalue weighted by atomic mass is 10.1. The van der Waals surface area contributed by atoms with E-state index in [1.165, 1.54) is 12.1 Å². The zero-order valence-electron chi connectivity index (χ0n) is 15.3. The molecule has 0 unspecified atom stereocenters. The van der Waals surface area contributed by atoms with Crippen molar-refractivity contribution in [1.82, 2.24) is 9.13 Å². The standard InChI is InChI=1S/C20H20N2O6/c23-17-13-7-15-16(20(26)22(19(15)25)10-12-4-2-6-28-12)8-14(13)18(24)21(17)9-11-3-1-5-27-11/h7-8,11-12H,1-6,9-10H2/t11-,12-/m1/s1. The van der Waals surface area contributed by atoms with Crippen LogP contribution in [-0.2, 0) is 22.6 Å². The molecule has 0 amide bonds. The molecule has 2 saturated heterocycles. The number of ether oxygens (including phenoxy) is 2. The van der Waals surface area contributed by atoms with E-state index in [9.17, 15) is 19.2 Å². The Labute approximate surface area is 158 Å². The van der Waals surface area contributed by atoms with Crippen LogP contribution in [0.15, 0.2) is 31.3 Å². The molecule has 2 atom stereocenters. The Bertz CT molecular complexity index is 1090. The lowest BCUT2D eigenvalue weighted by molar-refractivity contribution is 0.0957. The van der Waals surface area contributed by atoms with Crippen molar-refractivity contribution in [2.75, 3.05) is 13.2 Å². The average Bonchev–Trinajstić information content (AvgIpc) is 3.47. The predicted octanol–water partition coefficient (Wildman–Crippen LogP) is 0.270. The summed E-state index contributed by atoms with van der Waals surface area (Å²) < 4.78 is 13.4. The number of nitrogens with zero attached hydrogens (tertiary/aromatic N) is 2. The molecule has 8 nitrogen and oxygen atoms in total. The molecule has 2 aliphatic rings. The summed E-state index contributed by atoms with van der Waals surface area (Å²) in [6.07, 6.45) is 3.12. The fourth-order valence-electron chi connectivity index (χ4n) is 4.39. The Balaban J connectivity index is 1.64. The SMILES string of the molecule is O=c1c2cc3c(=O)n(C[C@H]4CCCO4)c(=O)c3cc2c(=O)n1C[C@H]1CCCO1. The van der Waals surface area contributed by atoms with Crippen LogP contribution in [0.25, 0.3) is 21.5 Å². The summed E-state index contributed by atoms with van der Waals surface area (Å²) in [5, 5.41) is 0.729. The first-order valence-electron chi connectivity index (χ1n) is 9.68. The molecule has 0 bridgehead atoms. The van der Waals surface area contributed by atoms with Crippen LogP contribution < -0.4 is 22.2 Å². The Morgan fingerprint density at radius 1 is 0.679 bits per heavy atom. The summed E-state index contributed by atoms with van der Waals surface area (Å²) >= 11 is 0. The Kier molecular flexibility index (Phi) is 4.06. The van der Waals surface area contributed by atoms with Crippen LogP contribution in [0.1, 0.15) is 25.7 Å². The van der Waals surface area contributed by atoms with Gasteiger partial charge in [0.2, 0.25) is 0 Å². The molecule has 1 aromatic carbocycles. The fourth-order valence-corrected chi connectivity index (χ4v) is 4.39. The minimum atomic E-state index is -0.434. The van der Waals surface area contributed by atoms with Crippen molar-refractivity contribution in [2.45, 2.75) is 51.0 Å². The van der Waals surface area contributed by atoms with Crippen molar-refractivity contribution in [1.29, 1.82) is 0 Å². The molecule has 2 fully saturated rings. The Morgan fingerprint density at radius 2 is 1.04 bits per heavy atom. The maximum Gasteiger partial charge on any atom is 0.261 e. The summed E-state index contributed by atoms with van der Waals surface area (Å²) in [5.74, 6) is 0. The number of hydrogen-bond acceptors (Lipinski definition) is 6. The van der Waals surface area contributed by atoms with Crippen LogP contribution in [0.4, 0.5) is 0 Å². The van der Waals surface area contributed by atoms with Crippen molar-refractivity contribution in [3.05, 3.63) is 53.5 Å². The summed E-state index contributed by atoms with van der Waals surface area (Å²) in [4.78, 5) is 51.1. The lowest BCUT2D eigenvalue weighted by Crippen LogP contribution is -2.31. The second kappa shape index (κ2) is 6.49. The van der Waals surface area contributed by atoms with Gasteiger partial charge in [0.25, 0.3) is 22.2 Å². The summed E-state index contributed by atoms with van der Waals surface area (Å²) in [7, 11) is 0. The maximum absolute atomic E-state index is 12.8. The highest BCUT2D eigenvalue weighted by molar-refractivity contribution is 5.97. The van der Waals surface area contributed by atoms with Gasteiger partial charge in [-0.2, -0.15) is 0 Å². The van der Waals surface area contributed by atoms with Crippen LogP contribution in [0, 0.1) is 0 Å². The highest BCUT2D eigenvalue weighted by Gasteiger charge is 2.24. The summed E-state index contributed by atoms with van der Waals surface area (Å²) in [6.45, 7) is 1.66. The predicted molar refractivity (Wildman–Crippen MR) is 103 cm³/mol. The Morgan fingerprint density at radius 3 is 1.32 bits per heavy atom. The third-order valence-corrected chi connectivity index (χ3v) is 5.88. The molecule has 2 aromatic heterocycles. The van der Waals surface area contributed by atoms with Gasteiger partial charge >= 0.3 is 0 Å². The van der Waals surface area contributed by atoms with E-state index in [4.69, 9.17) is 9.47 Å². The van der Waals surface area contributed by atoms with Gasteiger partial charge in [-0.05, 0) is 37.8 Å². The molecule has 0 spiro atoms. The largest absolute Gasteiger partial charge is 0.376 e. The van der Waals surface area contributed by atoms with Gasteiger partial charge in [0, 0.05) is 13.2 Å². The van der Waals surface area contributed by atoms with Gasteiger partial charge in [0.15, 0.2) is 0 Å². The van der Waals surface area contributed by atoms with Crippen molar-refractivity contribution >= 4 is 21.5 Å². The molecule has 0 aliphatic carbocycles. The van der Waals surface area contributed by atoms with E-state index in [-0.39, 0.29) is 46.8 Å². The number of fused-ring (bicyclic) bond motifs is 2. The van der Waals surface area contributed by atoms with Gasteiger partial charge in [-0.15, -0.1) is 0 Å². The molecule has 8 heteroatoms. The molecule has 4 heterocycles. The fraction of sp³-hybridized carbons (Fsp3) is 0.500. The topological polar surface area (TPSA) is 96.6 Å². The second-order valence-electron chi connectivity index (χ2n) is 7.66. The number of benzene rings is 1. The van der Waals surface area contributed by atoms with Crippen LogP contribution in [-0.4, -0.2) is 34.6 Å². The molecular formula is C20H20N2O6. The number of aromatic nitrogens is 2. The van der Waals surface area contributed by atoms with Gasteiger partial charge in [-0.3, -0.25) is 28.3 Å². The zero-order chi connectivity index (χ0) is 19.4. The lowest BCUT2D eigenvalue weighted by Gasteiger charge is -2.08. The molecule has 0 N–H and O–H groups in total. The van der Waals surface area contributed by atoms with E-state index in [1.807, 2.05) is 0 Å². The molecule has 2 aliphatic heterocycles. The zero-order valence-corrected chi connectivity index (χ0v) is 15.3. The molecule has 5 rings (SSSR count). The van der Waals surface area contributed by atoms with E-state index >= 15 is 0 Å². The molecule has 146 valence electrons. The molecule has 3 aromatic rings. The smallest absolute Gasteiger partial charge is 0.261 e. The molecular weight excluding hydrogens is 364 g/mol. The first-order chi connectivity index (χ1) is 13.5. The third-order valence-electron chi connectivity index (χ3n) is 5.88. The third kappa shape index (κ3) is 2.59. The van der Waals surface area contributed by atoms with Crippen molar-refractivity contribution in [3.63, 3.8) is 0 Å². The van der Waals surface area contributed by atoms with Gasteiger partial charge in [0.05, 0.1) is 46.8 Å². The van der Waals surface area contributed by atoms with Crippen LogP contribution in [0.5, 0.6) is 0 Å². The summed E-state index contributed by atoms with van der Waals surface area (Å²) in [5.41, 5.74) is -1.74. The minimum Gasteiger partial charge on any atom is -0.376 e. The minimum absolute atomic E-state index is 0.153. The van der Waals surface area contributed by atoms with Gasteiger partial charge in [0.1, 0.15) is 0 Å². The first kappa shape index (κ1) is 17.5.